The van der Waals surface area contributed by atoms with Gasteiger partial charge in [0.1, 0.15) is 0 Å². The minimum atomic E-state index is 0. The molecule has 0 aromatic carbocycles. The Morgan fingerprint density at radius 1 is 0.938 bits per heavy atom. The van der Waals surface area contributed by atoms with E-state index in [-0.39, 0.29) is 30.4 Å². The van der Waals surface area contributed by atoms with Gasteiger partial charge in [0.05, 0.1) is 13.2 Å². The van der Waals surface area contributed by atoms with Crippen LogP contribution >= 0.6 is 24.8 Å². The summed E-state index contributed by atoms with van der Waals surface area (Å²) in [6.45, 7) is 6.21. The quantitative estimate of drug-likeness (QED) is 0.803. The number of nitrogens with zero attached hydrogens (tertiary/aromatic N) is 1. The van der Waals surface area contributed by atoms with Gasteiger partial charge in [0.25, 0.3) is 0 Å². The molecule has 2 aliphatic rings. The first-order valence-corrected chi connectivity index (χ1v) is 5.48. The maximum absolute atomic E-state index is 5.93. The monoisotopic (exact) mass is 272 g/mol. The Hall–Kier alpha value is 0.420. The third-order valence-corrected chi connectivity index (χ3v) is 3.49. The first-order chi connectivity index (χ1) is 6.87. The molecule has 0 amide bonds. The predicted molar refractivity (Wildman–Crippen MR) is 68.7 cm³/mol. The van der Waals surface area contributed by atoms with Gasteiger partial charge >= 0.3 is 0 Å². The normalized spacial score (nSPS) is 25.3. The molecule has 0 radical (unpaired) electrons. The van der Waals surface area contributed by atoms with Crippen molar-refractivity contribution in [3.63, 3.8) is 0 Å². The second kappa shape index (κ2) is 7.69. The van der Waals surface area contributed by atoms with Crippen LogP contribution in [0.15, 0.2) is 0 Å². The van der Waals surface area contributed by atoms with Crippen molar-refractivity contribution < 1.29 is 9.47 Å². The number of nitrogens with two attached hydrogens (primary N) is 1. The molecule has 2 saturated heterocycles. The Kier molecular flexibility index (Phi) is 7.89. The summed E-state index contributed by atoms with van der Waals surface area (Å²) < 4.78 is 10.8. The standard InChI is InChI=1S/C10H20N2O2.2ClH/c11-9-10(1-5-13-6-2-10)12-3-7-14-8-4-12;;/h1-9,11H2;2*1H. The lowest BCUT2D eigenvalue weighted by atomic mass is 9.87. The van der Waals surface area contributed by atoms with Crippen molar-refractivity contribution >= 4 is 24.8 Å². The number of morpholine rings is 1. The van der Waals surface area contributed by atoms with Gasteiger partial charge in [-0.15, -0.1) is 24.8 Å². The number of hydrogen-bond acceptors (Lipinski definition) is 4. The van der Waals surface area contributed by atoms with Crippen molar-refractivity contribution in [2.75, 3.05) is 46.1 Å². The number of ether oxygens (including phenoxy) is 2. The smallest absolute Gasteiger partial charge is 0.0594 e. The summed E-state index contributed by atoms with van der Waals surface area (Å²) >= 11 is 0. The molecule has 2 aliphatic heterocycles. The molecule has 0 aliphatic carbocycles. The van der Waals surface area contributed by atoms with Crippen LogP contribution in [-0.4, -0.2) is 56.5 Å². The summed E-state index contributed by atoms with van der Waals surface area (Å²) in [4.78, 5) is 2.50. The summed E-state index contributed by atoms with van der Waals surface area (Å²) in [5.74, 6) is 0. The van der Waals surface area contributed by atoms with Gasteiger partial charge < -0.3 is 15.2 Å². The zero-order valence-corrected chi connectivity index (χ0v) is 11.2. The van der Waals surface area contributed by atoms with Crippen LogP contribution in [0.2, 0.25) is 0 Å². The minimum absolute atomic E-state index is 0. The molecule has 2 fully saturated rings. The fraction of sp³-hybridized carbons (Fsp3) is 1.00. The van der Waals surface area contributed by atoms with Crippen molar-refractivity contribution in [2.24, 2.45) is 5.73 Å². The Morgan fingerprint density at radius 3 is 1.94 bits per heavy atom. The lowest BCUT2D eigenvalue weighted by Gasteiger charge is -2.47. The Balaban J connectivity index is 0.00000112. The molecule has 2 rings (SSSR count). The van der Waals surface area contributed by atoms with Crippen molar-refractivity contribution in [3.8, 4) is 0 Å². The van der Waals surface area contributed by atoms with E-state index in [1.807, 2.05) is 0 Å². The molecule has 6 heteroatoms. The van der Waals surface area contributed by atoms with Gasteiger partial charge in [-0.1, -0.05) is 0 Å². The number of rotatable bonds is 2. The van der Waals surface area contributed by atoms with Crippen LogP contribution in [0.5, 0.6) is 0 Å². The highest BCUT2D eigenvalue weighted by atomic mass is 35.5. The van der Waals surface area contributed by atoms with Crippen molar-refractivity contribution in [1.82, 2.24) is 4.90 Å². The van der Waals surface area contributed by atoms with Gasteiger partial charge in [0, 0.05) is 38.4 Å². The minimum Gasteiger partial charge on any atom is -0.381 e. The maximum Gasteiger partial charge on any atom is 0.0594 e. The van der Waals surface area contributed by atoms with E-state index in [0.29, 0.717) is 0 Å². The molecule has 2 N–H and O–H groups in total. The molecule has 0 spiro atoms. The van der Waals surface area contributed by atoms with Crippen LogP contribution in [0.3, 0.4) is 0 Å². The molecular formula is C10H22Cl2N2O2. The second-order valence-electron chi connectivity index (χ2n) is 4.14. The summed E-state index contributed by atoms with van der Waals surface area (Å²) in [6.07, 6.45) is 2.15. The third kappa shape index (κ3) is 3.45. The highest BCUT2D eigenvalue weighted by Crippen LogP contribution is 2.27. The average molecular weight is 273 g/mol. The molecule has 0 atom stereocenters. The fourth-order valence-electron chi connectivity index (χ4n) is 2.44. The summed E-state index contributed by atoms with van der Waals surface area (Å²) in [7, 11) is 0. The molecule has 0 aromatic heterocycles. The summed E-state index contributed by atoms with van der Waals surface area (Å²) in [5.41, 5.74) is 6.13. The Bertz CT molecular complexity index is 184. The van der Waals surface area contributed by atoms with E-state index >= 15 is 0 Å². The van der Waals surface area contributed by atoms with Crippen molar-refractivity contribution in [2.45, 2.75) is 18.4 Å². The van der Waals surface area contributed by atoms with E-state index in [4.69, 9.17) is 15.2 Å². The Morgan fingerprint density at radius 2 is 1.44 bits per heavy atom. The van der Waals surface area contributed by atoms with Gasteiger partial charge in [-0.25, -0.2) is 0 Å². The van der Waals surface area contributed by atoms with Gasteiger partial charge in [0.15, 0.2) is 0 Å². The molecule has 0 saturated carbocycles. The van der Waals surface area contributed by atoms with Crippen LogP contribution in [0.25, 0.3) is 0 Å². The average Bonchev–Trinajstić information content (AvgIpc) is 2.31. The van der Waals surface area contributed by atoms with E-state index in [0.717, 1.165) is 58.9 Å². The van der Waals surface area contributed by atoms with Crippen LogP contribution < -0.4 is 5.73 Å². The Labute approximate surface area is 110 Å². The largest absolute Gasteiger partial charge is 0.381 e. The molecular weight excluding hydrogens is 251 g/mol. The predicted octanol–water partition coefficient (Wildman–Crippen LogP) is 0.670. The number of halogens is 2. The maximum atomic E-state index is 5.93. The highest BCUT2D eigenvalue weighted by Gasteiger charge is 2.37. The molecule has 0 bridgehead atoms. The van der Waals surface area contributed by atoms with Gasteiger partial charge in [-0.3, -0.25) is 4.90 Å². The molecule has 98 valence electrons. The lowest BCUT2D eigenvalue weighted by molar-refractivity contribution is -0.0669. The fourth-order valence-corrected chi connectivity index (χ4v) is 2.44. The van der Waals surface area contributed by atoms with Crippen molar-refractivity contribution in [3.05, 3.63) is 0 Å². The lowest BCUT2D eigenvalue weighted by Crippen LogP contribution is -2.59. The topological polar surface area (TPSA) is 47.7 Å². The first kappa shape index (κ1) is 16.4. The van der Waals surface area contributed by atoms with E-state index in [1.165, 1.54) is 0 Å². The zero-order chi connectivity index (χ0) is 9.86. The van der Waals surface area contributed by atoms with Crippen LogP contribution in [0.1, 0.15) is 12.8 Å². The van der Waals surface area contributed by atoms with Crippen LogP contribution in [-0.2, 0) is 9.47 Å². The molecule has 0 unspecified atom stereocenters. The van der Waals surface area contributed by atoms with Crippen LogP contribution in [0.4, 0.5) is 0 Å². The van der Waals surface area contributed by atoms with Gasteiger partial charge in [0.2, 0.25) is 0 Å². The zero-order valence-electron chi connectivity index (χ0n) is 9.52. The van der Waals surface area contributed by atoms with E-state index in [2.05, 4.69) is 4.90 Å². The first-order valence-electron chi connectivity index (χ1n) is 5.48. The summed E-state index contributed by atoms with van der Waals surface area (Å²) in [5, 5.41) is 0. The third-order valence-electron chi connectivity index (χ3n) is 3.49. The van der Waals surface area contributed by atoms with Gasteiger partial charge in [-0.2, -0.15) is 0 Å². The summed E-state index contributed by atoms with van der Waals surface area (Å²) in [6, 6.07) is 0. The highest BCUT2D eigenvalue weighted by molar-refractivity contribution is 5.85. The second-order valence-corrected chi connectivity index (χ2v) is 4.14. The van der Waals surface area contributed by atoms with E-state index < -0.39 is 0 Å². The molecule has 16 heavy (non-hydrogen) atoms. The molecule has 2 heterocycles. The molecule has 4 nitrogen and oxygen atoms in total. The van der Waals surface area contributed by atoms with E-state index in [1.54, 1.807) is 0 Å². The number of hydrogen-bond donors (Lipinski definition) is 1. The SMILES string of the molecule is Cl.Cl.NCC1(N2CCOCC2)CCOCC1. The molecule has 0 aromatic rings. The van der Waals surface area contributed by atoms with E-state index in [9.17, 15) is 0 Å². The van der Waals surface area contributed by atoms with Crippen LogP contribution in [0, 0.1) is 0 Å². The van der Waals surface area contributed by atoms with Crippen molar-refractivity contribution in [1.29, 1.82) is 0 Å². The van der Waals surface area contributed by atoms with Gasteiger partial charge in [-0.05, 0) is 12.8 Å².